The van der Waals surface area contributed by atoms with Gasteiger partial charge in [0.05, 0.1) is 12.2 Å². The lowest BCUT2D eigenvalue weighted by Crippen LogP contribution is -2.39. The molecule has 5 nitrogen and oxygen atoms in total. The van der Waals surface area contributed by atoms with Crippen LogP contribution in [0.4, 0.5) is 5.13 Å². The van der Waals surface area contributed by atoms with Crippen LogP contribution in [0.25, 0.3) is 11.3 Å². The zero-order chi connectivity index (χ0) is 21.4. The zero-order valence-corrected chi connectivity index (χ0v) is 19.0. The molecule has 29 heavy (non-hydrogen) atoms. The van der Waals surface area contributed by atoms with Crippen LogP contribution in [0.2, 0.25) is 0 Å². The molecule has 0 aliphatic heterocycles. The van der Waals surface area contributed by atoms with Crippen LogP contribution < -0.4 is 5.32 Å². The van der Waals surface area contributed by atoms with Gasteiger partial charge in [0.25, 0.3) is 0 Å². The number of hydrogen-bond donors (Lipinski definition) is 1. The van der Waals surface area contributed by atoms with Crippen LogP contribution in [-0.2, 0) is 9.59 Å². The number of nitrogens with zero attached hydrogens (tertiary/aromatic N) is 2. The standard InChI is InChI=1S/C23H33N3O2S/c1-6-12-26(21(28)13-17(2)14-23(3,4)5)15-20(27)25-22-24-19(16-29-22)18-10-8-7-9-11-18/h7-11,16-17H,6,12-15H2,1-5H3,(H,24,25,27). The molecular formula is C23H33N3O2S. The predicted molar refractivity (Wildman–Crippen MR) is 121 cm³/mol. The van der Waals surface area contributed by atoms with E-state index in [-0.39, 0.29) is 29.7 Å². The van der Waals surface area contributed by atoms with E-state index >= 15 is 0 Å². The van der Waals surface area contributed by atoms with Gasteiger partial charge < -0.3 is 10.2 Å². The number of aromatic nitrogens is 1. The Morgan fingerprint density at radius 2 is 1.90 bits per heavy atom. The second-order valence-electron chi connectivity index (χ2n) is 8.84. The molecule has 0 aliphatic rings. The Morgan fingerprint density at radius 3 is 2.52 bits per heavy atom. The maximum absolute atomic E-state index is 12.7. The van der Waals surface area contributed by atoms with Gasteiger partial charge in [0, 0.05) is 23.9 Å². The minimum Gasteiger partial charge on any atom is -0.333 e. The zero-order valence-electron chi connectivity index (χ0n) is 18.2. The van der Waals surface area contributed by atoms with E-state index in [2.05, 4.69) is 38.0 Å². The third-order valence-corrected chi connectivity index (χ3v) is 5.24. The molecule has 1 atom stereocenters. The Kier molecular flexibility index (Phi) is 8.38. The van der Waals surface area contributed by atoms with Gasteiger partial charge in [-0.2, -0.15) is 0 Å². The van der Waals surface area contributed by atoms with E-state index in [0.717, 1.165) is 24.1 Å². The number of carbonyl (C=O) groups is 2. The summed E-state index contributed by atoms with van der Waals surface area (Å²) in [5, 5.41) is 5.32. The Morgan fingerprint density at radius 1 is 1.21 bits per heavy atom. The van der Waals surface area contributed by atoms with Gasteiger partial charge >= 0.3 is 0 Å². The normalized spacial score (nSPS) is 12.4. The molecule has 158 valence electrons. The van der Waals surface area contributed by atoms with Crippen molar-refractivity contribution in [3.8, 4) is 11.3 Å². The van der Waals surface area contributed by atoms with E-state index in [4.69, 9.17) is 0 Å². The van der Waals surface area contributed by atoms with E-state index in [0.29, 0.717) is 18.1 Å². The first-order valence-electron chi connectivity index (χ1n) is 10.3. The summed E-state index contributed by atoms with van der Waals surface area (Å²) in [5.41, 5.74) is 2.04. The summed E-state index contributed by atoms with van der Waals surface area (Å²) >= 11 is 1.39. The summed E-state index contributed by atoms with van der Waals surface area (Å²) in [7, 11) is 0. The topological polar surface area (TPSA) is 62.3 Å². The molecule has 0 bridgehead atoms. The lowest BCUT2D eigenvalue weighted by molar-refractivity contribution is -0.135. The molecular weight excluding hydrogens is 382 g/mol. The molecule has 2 amide bonds. The Hall–Kier alpha value is -2.21. The average molecular weight is 416 g/mol. The first-order valence-corrected chi connectivity index (χ1v) is 11.1. The van der Waals surface area contributed by atoms with Crippen molar-refractivity contribution in [2.75, 3.05) is 18.4 Å². The van der Waals surface area contributed by atoms with Gasteiger partial charge in [-0.25, -0.2) is 4.98 Å². The van der Waals surface area contributed by atoms with Crippen molar-refractivity contribution >= 4 is 28.3 Å². The number of thiazole rings is 1. The molecule has 1 unspecified atom stereocenters. The van der Waals surface area contributed by atoms with Crippen LogP contribution in [-0.4, -0.2) is 34.8 Å². The molecule has 1 heterocycles. The third kappa shape index (κ3) is 7.97. The highest BCUT2D eigenvalue weighted by molar-refractivity contribution is 7.14. The van der Waals surface area contributed by atoms with Crippen molar-refractivity contribution in [3.63, 3.8) is 0 Å². The largest absolute Gasteiger partial charge is 0.333 e. The van der Waals surface area contributed by atoms with Gasteiger partial charge in [-0.15, -0.1) is 11.3 Å². The molecule has 0 saturated heterocycles. The summed E-state index contributed by atoms with van der Waals surface area (Å²) in [5.74, 6) is 0.129. The summed E-state index contributed by atoms with van der Waals surface area (Å²) in [6, 6.07) is 9.85. The van der Waals surface area contributed by atoms with Gasteiger partial charge in [0.15, 0.2) is 5.13 Å². The molecule has 1 aromatic carbocycles. The van der Waals surface area contributed by atoms with Gasteiger partial charge in [-0.05, 0) is 24.2 Å². The van der Waals surface area contributed by atoms with Crippen LogP contribution in [0.15, 0.2) is 35.7 Å². The highest BCUT2D eigenvalue weighted by atomic mass is 32.1. The minimum absolute atomic E-state index is 0.0443. The SMILES string of the molecule is CCCN(CC(=O)Nc1nc(-c2ccccc2)cs1)C(=O)CC(C)CC(C)(C)C. The fraction of sp³-hybridized carbons (Fsp3) is 0.522. The van der Waals surface area contributed by atoms with E-state index in [1.54, 1.807) is 4.90 Å². The van der Waals surface area contributed by atoms with Crippen molar-refractivity contribution in [2.45, 2.75) is 53.9 Å². The molecule has 0 radical (unpaired) electrons. The fourth-order valence-electron chi connectivity index (χ4n) is 3.51. The molecule has 0 spiro atoms. The number of hydrogen-bond acceptors (Lipinski definition) is 4. The van der Waals surface area contributed by atoms with Crippen molar-refractivity contribution in [3.05, 3.63) is 35.7 Å². The monoisotopic (exact) mass is 415 g/mol. The minimum atomic E-state index is -0.204. The lowest BCUT2D eigenvalue weighted by atomic mass is 9.84. The van der Waals surface area contributed by atoms with Crippen LogP contribution in [0, 0.1) is 11.3 Å². The Bertz CT molecular complexity index is 796. The number of nitrogens with one attached hydrogen (secondary N) is 1. The summed E-state index contributed by atoms with van der Waals surface area (Å²) in [6.07, 6.45) is 2.27. The average Bonchev–Trinajstić information content (AvgIpc) is 3.08. The van der Waals surface area contributed by atoms with Gasteiger partial charge in [0.2, 0.25) is 11.8 Å². The summed E-state index contributed by atoms with van der Waals surface area (Å²) in [6.45, 7) is 11.3. The molecule has 2 aromatic rings. The maximum atomic E-state index is 12.7. The first-order chi connectivity index (χ1) is 13.7. The van der Waals surface area contributed by atoms with Crippen molar-refractivity contribution in [2.24, 2.45) is 11.3 Å². The Balaban J connectivity index is 1.93. The fourth-order valence-corrected chi connectivity index (χ4v) is 4.25. The number of rotatable bonds is 9. The second kappa shape index (κ2) is 10.5. The van der Waals surface area contributed by atoms with E-state index in [9.17, 15) is 9.59 Å². The molecule has 1 N–H and O–H groups in total. The quantitative estimate of drug-likeness (QED) is 0.592. The number of amides is 2. The smallest absolute Gasteiger partial charge is 0.245 e. The lowest BCUT2D eigenvalue weighted by Gasteiger charge is -2.26. The third-order valence-electron chi connectivity index (χ3n) is 4.48. The number of benzene rings is 1. The Labute approximate surface area is 178 Å². The summed E-state index contributed by atoms with van der Waals surface area (Å²) in [4.78, 5) is 31.4. The van der Waals surface area contributed by atoms with Crippen LogP contribution in [0.5, 0.6) is 0 Å². The highest BCUT2D eigenvalue weighted by Crippen LogP contribution is 2.27. The van der Waals surface area contributed by atoms with E-state index in [1.807, 2.05) is 42.6 Å². The molecule has 2 rings (SSSR count). The maximum Gasteiger partial charge on any atom is 0.245 e. The van der Waals surface area contributed by atoms with Crippen molar-refractivity contribution in [1.82, 2.24) is 9.88 Å². The van der Waals surface area contributed by atoms with Crippen LogP contribution in [0.1, 0.15) is 53.9 Å². The van der Waals surface area contributed by atoms with Gasteiger partial charge in [-0.3, -0.25) is 9.59 Å². The van der Waals surface area contributed by atoms with Crippen LogP contribution >= 0.6 is 11.3 Å². The van der Waals surface area contributed by atoms with E-state index < -0.39 is 0 Å². The molecule has 0 aliphatic carbocycles. The second-order valence-corrected chi connectivity index (χ2v) is 9.70. The molecule has 1 aromatic heterocycles. The van der Waals surface area contributed by atoms with E-state index in [1.165, 1.54) is 11.3 Å². The van der Waals surface area contributed by atoms with Gasteiger partial charge in [0.1, 0.15) is 0 Å². The molecule has 0 fully saturated rings. The number of anilines is 1. The van der Waals surface area contributed by atoms with Crippen LogP contribution in [0.3, 0.4) is 0 Å². The first kappa shape index (κ1) is 23.1. The molecule has 6 heteroatoms. The molecule has 0 saturated carbocycles. The van der Waals surface area contributed by atoms with Crippen molar-refractivity contribution in [1.29, 1.82) is 0 Å². The number of carbonyl (C=O) groups excluding carboxylic acids is 2. The highest BCUT2D eigenvalue weighted by Gasteiger charge is 2.22. The summed E-state index contributed by atoms with van der Waals surface area (Å²) < 4.78 is 0. The van der Waals surface area contributed by atoms with Gasteiger partial charge in [-0.1, -0.05) is 65.0 Å². The predicted octanol–water partition coefficient (Wildman–Crippen LogP) is 5.45. The van der Waals surface area contributed by atoms with Crippen molar-refractivity contribution < 1.29 is 9.59 Å².